The SMILES string of the molecule is COc1ccc(C=C2CCC(CN(C)C)C2=O)cc1.Cl. The number of ketones is 1. The highest BCUT2D eigenvalue weighted by atomic mass is 35.5. The Hall–Kier alpha value is -1.32. The van der Waals surface area contributed by atoms with Crippen LogP contribution in [0.1, 0.15) is 18.4 Å². The third-order valence-electron chi connectivity index (χ3n) is 3.49. The molecule has 1 unspecified atom stereocenters. The first-order chi connectivity index (χ1) is 9.10. The van der Waals surface area contributed by atoms with Crippen LogP contribution in [-0.4, -0.2) is 38.4 Å². The lowest BCUT2D eigenvalue weighted by Crippen LogP contribution is -2.24. The second-order valence-corrected chi connectivity index (χ2v) is 5.30. The maximum absolute atomic E-state index is 12.2. The van der Waals surface area contributed by atoms with Crippen LogP contribution in [0.25, 0.3) is 6.08 Å². The smallest absolute Gasteiger partial charge is 0.163 e. The van der Waals surface area contributed by atoms with Crippen LogP contribution in [0.4, 0.5) is 0 Å². The number of nitrogens with zero attached hydrogens (tertiary/aromatic N) is 1. The molecule has 20 heavy (non-hydrogen) atoms. The second kappa shape index (κ2) is 7.46. The van der Waals surface area contributed by atoms with Crippen LogP contribution >= 0.6 is 12.4 Å². The van der Waals surface area contributed by atoms with Gasteiger partial charge in [0, 0.05) is 12.5 Å². The molecule has 0 radical (unpaired) electrons. The zero-order valence-electron chi connectivity index (χ0n) is 12.3. The second-order valence-electron chi connectivity index (χ2n) is 5.30. The fourth-order valence-corrected chi connectivity index (χ4v) is 2.51. The molecule has 0 heterocycles. The molecular weight excluding hydrogens is 274 g/mol. The fourth-order valence-electron chi connectivity index (χ4n) is 2.51. The normalized spacial score (nSPS) is 20.3. The molecule has 1 saturated carbocycles. The van der Waals surface area contributed by atoms with Crippen molar-refractivity contribution in [3.8, 4) is 5.75 Å². The van der Waals surface area contributed by atoms with E-state index in [9.17, 15) is 4.79 Å². The number of benzene rings is 1. The number of hydrogen-bond donors (Lipinski definition) is 0. The average Bonchev–Trinajstić information content (AvgIpc) is 2.72. The summed E-state index contributed by atoms with van der Waals surface area (Å²) in [5.74, 6) is 1.31. The van der Waals surface area contributed by atoms with Crippen LogP contribution in [0.5, 0.6) is 5.75 Å². The summed E-state index contributed by atoms with van der Waals surface area (Å²) >= 11 is 0. The number of allylic oxidation sites excluding steroid dienone is 1. The Labute approximate surface area is 127 Å². The van der Waals surface area contributed by atoms with Gasteiger partial charge in [-0.1, -0.05) is 12.1 Å². The van der Waals surface area contributed by atoms with E-state index >= 15 is 0 Å². The minimum absolute atomic E-state index is 0. The van der Waals surface area contributed by atoms with Crippen LogP contribution in [0, 0.1) is 5.92 Å². The van der Waals surface area contributed by atoms with Crippen molar-refractivity contribution in [2.75, 3.05) is 27.7 Å². The van der Waals surface area contributed by atoms with E-state index in [0.29, 0.717) is 5.78 Å². The molecule has 110 valence electrons. The summed E-state index contributed by atoms with van der Waals surface area (Å²) in [7, 11) is 5.68. The Kier molecular flexibility index (Phi) is 6.24. The zero-order chi connectivity index (χ0) is 13.8. The van der Waals surface area contributed by atoms with Gasteiger partial charge in [0.15, 0.2) is 5.78 Å². The van der Waals surface area contributed by atoms with Crippen LogP contribution in [0.15, 0.2) is 29.8 Å². The quantitative estimate of drug-likeness (QED) is 0.800. The highest BCUT2D eigenvalue weighted by molar-refractivity contribution is 6.03. The lowest BCUT2D eigenvalue weighted by atomic mass is 10.0. The topological polar surface area (TPSA) is 29.5 Å². The summed E-state index contributed by atoms with van der Waals surface area (Å²) in [6.45, 7) is 0.846. The number of halogens is 1. The van der Waals surface area contributed by atoms with E-state index in [1.807, 2.05) is 44.4 Å². The first-order valence-corrected chi connectivity index (χ1v) is 6.63. The van der Waals surface area contributed by atoms with Crippen molar-refractivity contribution < 1.29 is 9.53 Å². The molecule has 1 aromatic carbocycles. The van der Waals surface area contributed by atoms with Gasteiger partial charge in [0.2, 0.25) is 0 Å². The number of hydrogen-bond acceptors (Lipinski definition) is 3. The fraction of sp³-hybridized carbons (Fsp3) is 0.438. The summed E-state index contributed by atoms with van der Waals surface area (Å²) in [5.41, 5.74) is 2.02. The Morgan fingerprint density at radius 3 is 2.50 bits per heavy atom. The molecule has 0 aliphatic heterocycles. The Bertz CT molecular complexity index is 480. The van der Waals surface area contributed by atoms with E-state index in [0.717, 1.165) is 36.3 Å². The van der Waals surface area contributed by atoms with Gasteiger partial charge in [-0.05, 0) is 56.3 Å². The summed E-state index contributed by atoms with van der Waals surface area (Å²) in [4.78, 5) is 14.3. The van der Waals surface area contributed by atoms with E-state index in [4.69, 9.17) is 4.74 Å². The first-order valence-electron chi connectivity index (χ1n) is 6.63. The molecule has 1 aliphatic carbocycles. The van der Waals surface area contributed by atoms with Crippen molar-refractivity contribution in [2.45, 2.75) is 12.8 Å². The third kappa shape index (κ3) is 4.09. The van der Waals surface area contributed by atoms with E-state index in [1.165, 1.54) is 0 Å². The Morgan fingerprint density at radius 2 is 1.95 bits per heavy atom. The van der Waals surface area contributed by atoms with Gasteiger partial charge < -0.3 is 9.64 Å². The van der Waals surface area contributed by atoms with E-state index in [-0.39, 0.29) is 18.3 Å². The van der Waals surface area contributed by atoms with Crippen molar-refractivity contribution in [1.29, 1.82) is 0 Å². The molecule has 0 N–H and O–H groups in total. The minimum Gasteiger partial charge on any atom is -0.497 e. The highest BCUT2D eigenvalue weighted by Gasteiger charge is 2.29. The number of Topliss-reactive ketones (excluding diaryl/α,β-unsaturated/α-hetero) is 1. The number of rotatable bonds is 4. The van der Waals surface area contributed by atoms with Crippen LogP contribution in [0.3, 0.4) is 0 Å². The molecule has 0 saturated heterocycles. The van der Waals surface area contributed by atoms with Gasteiger partial charge in [0.05, 0.1) is 7.11 Å². The maximum Gasteiger partial charge on any atom is 0.163 e. The van der Waals surface area contributed by atoms with Gasteiger partial charge in [-0.3, -0.25) is 4.79 Å². The molecule has 1 aliphatic rings. The third-order valence-corrected chi connectivity index (χ3v) is 3.49. The Morgan fingerprint density at radius 1 is 1.30 bits per heavy atom. The van der Waals surface area contributed by atoms with Crippen molar-refractivity contribution in [3.63, 3.8) is 0 Å². The summed E-state index contributed by atoms with van der Waals surface area (Å²) in [6.07, 6.45) is 3.87. The average molecular weight is 296 g/mol. The summed E-state index contributed by atoms with van der Waals surface area (Å²) in [6, 6.07) is 7.81. The molecule has 0 aromatic heterocycles. The number of methoxy groups -OCH3 is 1. The minimum atomic E-state index is 0. The molecule has 0 bridgehead atoms. The molecule has 0 spiro atoms. The van der Waals surface area contributed by atoms with Crippen molar-refractivity contribution >= 4 is 24.3 Å². The molecule has 1 atom stereocenters. The lowest BCUT2D eigenvalue weighted by Gasteiger charge is -2.13. The van der Waals surface area contributed by atoms with Gasteiger partial charge in [0.1, 0.15) is 5.75 Å². The van der Waals surface area contributed by atoms with Gasteiger partial charge in [-0.2, -0.15) is 0 Å². The standard InChI is InChI=1S/C16H21NO2.ClH/c1-17(2)11-14-7-6-13(16(14)18)10-12-4-8-15(19-3)9-5-12;/h4-5,8-10,14H,6-7,11H2,1-3H3;1H. The predicted molar refractivity (Wildman–Crippen MR) is 84.5 cm³/mol. The highest BCUT2D eigenvalue weighted by Crippen LogP contribution is 2.29. The first kappa shape index (κ1) is 16.7. The molecule has 0 amide bonds. The van der Waals surface area contributed by atoms with Gasteiger partial charge >= 0.3 is 0 Å². The monoisotopic (exact) mass is 295 g/mol. The molecule has 1 aromatic rings. The molecular formula is C16H22ClNO2. The van der Waals surface area contributed by atoms with Crippen molar-refractivity contribution in [1.82, 2.24) is 4.90 Å². The molecule has 2 rings (SSSR count). The molecule has 1 fully saturated rings. The molecule has 3 nitrogen and oxygen atoms in total. The number of ether oxygens (including phenoxy) is 1. The van der Waals surface area contributed by atoms with Crippen molar-refractivity contribution in [3.05, 3.63) is 35.4 Å². The molecule has 4 heteroatoms. The van der Waals surface area contributed by atoms with Crippen LogP contribution < -0.4 is 4.74 Å². The van der Waals surface area contributed by atoms with Crippen LogP contribution in [-0.2, 0) is 4.79 Å². The van der Waals surface area contributed by atoms with Gasteiger partial charge in [-0.15, -0.1) is 12.4 Å². The lowest BCUT2D eigenvalue weighted by molar-refractivity contribution is -0.118. The summed E-state index contributed by atoms with van der Waals surface area (Å²) in [5, 5.41) is 0. The number of carbonyl (C=O) groups excluding carboxylic acids is 1. The largest absolute Gasteiger partial charge is 0.497 e. The van der Waals surface area contributed by atoms with Crippen molar-refractivity contribution in [2.24, 2.45) is 5.92 Å². The van der Waals surface area contributed by atoms with Gasteiger partial charge in [0.25, 0.3) is 0 Å². The van der Waals surface area contributed by atoms with E-state index < -0.39 is 0 Å². The summed E-state index contributed by atoms with van der Waals surface area (Å²) < 4.78 is 5.13. The van der Waals surface area contributed by atoms with E-state index in [2.05, 4.69) is 4.90 Å². The van der Waals surface area contributed by atoms with Gasteiger partial charge in [-0.25, -0.2) is 0 Å². The predicted octanol–water partition coefficient (Wildman–Crippen LogP) is 3.04. The van der Waals surface area contributed by atoms with E-state index in [1.54, 1.807) is 7.11 Å². The zero-order valence-corrected chi connectivity index (χ0v) is 13.1. The Balaban J connectivity index is 0.00000200. The number of carbonyl (C=O) groups is 1. The van der Waals surface area contributed by atoms with Crippen LogP contribution in [0.2, 0.25) is 0 Å². The maximum atomic E-state index is 12.2.